The maximum Gasteiger partial charge on any atom is 0.333 e. The lowest BCUT2D eigenvalue weighted by Gasteiger charge is -2.01. The van der Waals surface area contributed by atoms with Crippen LogP contribution in [0.25, 0.3) is 0 Å². The number of rotatable bonds is 7. The molecule has 0 radical (unpaired) electrons. The Morgan fingerprint density at radius 3 is 1.67 bits per heavy atom. The van der Waals surface area contributed by atoms with Crippen LogP contribution in [0.3, 0.4) is 0 Å². The first-order valence-electron chi connectivity index (χ1n) is 7.53. The van der Waals surface area contributed by atoms with Crippen molar-refractivity contribution >= 4 is 17.9 Å². The van der Waals surface area contributed by atoms with E-state index in [-0.39, 0.29) is 17.9 Å². The fourth-order valence-corrected chi connectivity index (χ4v) is 0.808. The van der Waals surface area contributed by atoms with Crippen LogP contribution < -0.4 is 0 Å². The largest absolute Gasteiger partial charge is 0.466 e. The van der Waals surface area contributed by atoms with Crippen LogP contribution >= 0.6 is 0 Å². The molecule has 0 aromatic rings. The molecule has 6 nitrogen and oxygen atoms in total. The number of unbranched alkanes of at least 4 members (excludes halogenated alkanes) is 1. The molecule has 0 heterocycles. The van der Waals surface area contributed by atoms with Gasteiger partial charge in [0.15, 0.2) is 0 Å². The van der Waals surface area contributed by atoms with E-state index in [1.54, 1.807) is 20.8 Å². The molecule has 0 atom stereocenters. The van der Waals surface area contributed by atoms with Crippen LogP contribution in [0.5, 0.6) is 0 Å². The first-order chi connectivity index (χ1) is 11.2. The molecule has 0 spiro atoms. The van der Waals surface area contributed by atoms with Gasteiger partial charge in [-0.15, -0.1) is 0 Å². The molecule has 6 heteroatoms. The highest BCUT2D eigenvalue weighted by molar-refractivity contribution is 5.87. The molecule has 0 amide bonds. The Bertz CT molecular complexity index is 421. The molecule has 0 rings (SSSR count). The fraction of sp³-hybridized carbons (Fsp3) is 0.500. The summed E-state index contributed by atoms with van der Waals surface area (Å²) < 4.78 is 13.5. The average Bonchev–Trinajstić information content (AvgIpc) is 2.55. The Labute approximate surface area is 145 Å². The van der Waals surface area contributed by atoms with Gasteiger partial charge in [0.2, 0.25) is 0 Å². The molecule has 0 aliphatic heterocycles. The second kappa shape index (κ2) is 18.7. The van der Waals surface area contributed by atoms with Crippen LogP contribution in [0, 0.1) is 0 Å². The fourth-order valence-electron chi connectivity index (χ4n) is 0.808. The highest BCUT2D eigenvalue weighted by Gasteiger charge is 2.00. The minimum absolute atomic E-state index is 0.284. The minimum atomic E-state index is -0.359. The lowest BCUT2D eigenvalue weighted by atomic mass is 10.3. The van der Waals surface area contributed by atoms with Gasteiger partial charge in [-0.3, -0.25) is 0 Å². The second-order valence-electron chi connectivity index (χ2n) is 4.50. The van der Waals surface area contributed by atoms with E-state index >= 15 is 0 Å². The highest BCUT2D eigenvalue weighted by atomic mass is 16.5. The van der Waals surface area contributed by atoms with Gasteiger partial charge in [0.25, 0.3) is 0 Å². The number of esters is 3. The van der Waals surface area contributed by atoms with Crippen molar-refractivity contribution in [2.75, 3.05) is 20.3 Å². The standard InChI is InChI=1S/C8H14O2.2C5H8O2/c1-4-5-6-10-8(9)7(2)3;1-4(2)5(6)7-3;1-3-5(6)7-4-2/h2,4-6H2,1,3H3;1H2,2-3H3;3H,1,4H2,2H3. The quantitative estimate of drug-likeness (QED) is 0.305. The van der Waals surface area contributed by atoms with Crippen molar-refractivity contribution in [3.63, 3.8) is 0 Å². The van der Waals surface area contributed by atoms with Crippen LogP contribution in [0.15, 0.2) is 37.0 Å². The second-order valence-corrected chi connectivity index (χ2v) is 4.50. The van der Waals surface area contributed by atoms with Crippen molar-refractivity contribution in [3.8, 4) is 0 Å². The van der Waals surface area contributed by atoms with Crippen molar-refractivity contribution in [1.29, 1.82) is 0 Å². The molecule has 0 fully saturated rings. The van der Waals surface area contributed by atoms with Gasteiger partial charge in [-0.1, -0.05) is 33.1 Å². The number of methoxy groups -OCH3 is 1. The summed E-state index contributed by atoms with van der Waals surface area (Å²) in [5.41, 5.74) is 0.901. The Kier molecular flexibility index (Phi) is 20.6. The molecule has 0 saturated carbocycles. The van der Waals surface area contributed by atoms with E-state index in [0.717, 1.165) is 18.9 Å². The molecule has 138 valence electrons. The summed E-state index contributed by atoms with van der Waals surface area (Å²) in [7, 11) is 1.33. The molecule has 0 unspecified atom stereocenters. The number of carbonyl (C=O) groups excluding carboxylic acids is 3. The Hall–Kier alpha value is -2.37. The molecule has 0 aliphatic carbocycles. The van der Waals surface area contributed by atoms with Gasteiger partial charge in [0, 0.05) is 17.2 Å². The Balaban J connectivity index is -0.000000283. The van der Waals surface area contributed by atoms with Crippen molar-refractivity contribution < 1.29 is 28.6 Å². The maximum absolute atomic E-state index is 10.7. The topological polar surface area (TPSA) is 78.9 Å². The molecule has 0 aliphatic rings. The molecular weight excluding hydrogens is 312 g/mol. The maximum atomic E-state index is 10.7. The Morgan fingerprint density at radius 2 is 1.46 bits per heavy atom. The van der Waals surface area contributed by atoms with Gasteiger partial charge in [0.05, 0.1) is 20.3 Å². The first kappa shape index (κ1) is 26.5. The van der Waals surface area contributed by atoms with Crippen molar-refractivity contribution in [2.24, 2.45) is 0 Å². The predicted octanol–water partition coefficient (Wildman–Crippen LogP) is 3.38. The van der Waals surface area contributed by atoms with Crippen LogP contribution in [0.4, 0.5) is 0 Å². The van der Waals surface area contributed by atoms with E-state index in [1.807, 2.05) is 0 Å². The smallest absolute Gasteiger partial charge is 0.333 e. The Morgan fingerprint density at radius 1 is 0.958 bits per heavy atom. The molecule has 0 aromatic carbocycles. The normalized spacial score (nSPS) is 8.21. The summed E-state index contributed by atoms with van der Waals surface area (Å²) in [5.74, 6) is -0.990. The van der Waals surface area contributed by atoms with Crippen LogP contribution in [-0.2, 0) is 28.6 Å². The summed E-state index contributed by atoms with van der Waals surface area (Å²) >= 11 is 0. The van der Waals surface area contributed by atoms with Crippen LogP contribution in [0.1, 0.15) is 40.5 Å². The van der Waals surface area contributed by atoms with Gasteiger partial charge in [0.1, 0.15) is 0 Å². The third-order valence-electron chi connectivity index (χ3n) is 2.07. The number of ether oxygens (including phenoxy) is 3. The third kappa shape index (κ3) is 21.9. The molecule has 0 N–H and O–H groups in total. The zero-order valence-corrected chi connectivity index (χ0v) is 15.5. The number of hydrogen-bond acceptors (Lipinski definition) is 6. The van der Waals surface area contributed by atoms with Gasteiger partial charge in [-0.05, 0) is 27.2 Å². The van der Waals surface area contributed by atoms with E-state index in [4.69, 9.17) is 4.74 Å². The SMILES string of the molecule is C=C(C)C(=O)OC.C=C(C)C(=O)OCCCC.C=CC(=O)OCC. The molecular formula is C18H30O6. The zero-order valence-electron chi connectivity index (χ0n) is 15.5. The number of carbonyl (C=O) groups is 3. The molecule has 24 heavy (non-hydrogen) atoms. The highest BCUT2D eigenvalue weighted by Crippen LogP contribution is 1.94. The van der Waals surface area contributed by atoms with Crippen LogP contribution in [-0.4, -0.2) is 38.2 Å². The van der Waals surface area contributed by atoms with Gasteiger partial charge < -0.3 is 14.2 Å². The van der Waals surface area contributed by atoms with Gasteiger partial charge in [-0.25, -0.2) is 14.4 Å². The monoisotopic (exact) mass is 342 g/mol. The summed E-state index contributed by atoms with van der Waals surface area (Å²) in [5, 5.41) is 0. The van der Waals surface area contributed by atoms with E-state index in [0.29, 0.717) is 24.4 Å². The van der Waals surface area contributed by atoms with E-state index in [2.05, 4.69) is 36.1 Å². The van der Waals surface area contributed by atoms with Gasteiger partial charge >= 0.3 is 17.9 Å². The third-order valence-corrected chi connectivity index (χ3v) is 2.07. The van der Waals surface area contributed by atoms with E-state index < -0.39 is 0 Å². The minimum Gasteiger partial charge on any atom is -0.466 e. The molecule has 0 bridgehead atoms. The van der Waals surface area contributed by atoms with Crippen molar-refractivity contribution in [1.82, 2.24) is 0 Å². The molecule has 0 saturated heterocycles. The summed E-state index contributed by atoms with van der Waals surface area (Å²) in [6.45, 7) is 18.0. The van der Waals surface area contributed by atoms with Crippen molar-refractivity contribution in [3.05, 3.63) is 37.0 Å². The van der Waals surface area contributed by atoms with Crippen LogP contribution in [0.2, 0.25) is 0 Å². The summed E-state index contributed by atoms with van der Waals surface area (Å²) in [6, 6.07) is 0. The average molecular weight is 342 g/mol. The molecule has 0 aromatic heterocycles. The number of hydrogen-bond donors (Lipinski definition) is 0. The van der Waals surface area contributed by atoms with Crippen molar-refractivity contribution in [2.45, 2.75) is 40.5 Å². The first-order valence-corrected chi connectivity index (χ1v) is 7.53. The lowest BCUT2D eigenvalue weighted by Crippen LogP contribution is -2.05. The van der Waals surface area contributed by atoms with E-state index in [9.17, 15) is 14.4 Å². The lowest BCUT2D eigenvalue weighted by molar-refractivity contribution is -0.139. The zero-order chi connectivity index (χ0) is 19.5. The van der Waals surface area contributed by atoms with Gasteiger partial charge in [-0.2, -0.15) is 0 Å². The summed E-state index contributed by atoms with van der Waals surface area (Å²) in [4.78, 5) is 31.0. The van der Waals surface area contributed by atoms with E-state index in [1.165, 1.54) is 7.11 Å². The predicted molar refractivity (Wildman–Crippen MR) is 94.3 cm³/mol. The summed E-state index contributed by atoms with van der Waals surface area (Å²) in [6.07, 6.45) is 3.12.